The van der Waals surface area contributed by atoms with Crippen LogP contribution in [0.15, 0.2) is 30.3 Å². The number of aromatic nitrogens is 2. The van der Waals surface area contributed by atoms with Crippen molar-refractivity contribution in [1.29, 1.82) is 0 Å². The van der Waals surface area contributed by atoms with Gasteiger partial charge < -0.3 is 4.90 Å². The van der Waals surface area contributed by atoms with Crippen LogP contribution in [0.4, 0.5) is 10.2 Å². The van der Waals surface area contributed by atoms with Crippen molar-refractivity contribution >= 4 is 11.6 Å². The first-order chi connectivity index (χ1) is 11.6. The molecule has 24 heavy (non-hydrogen) atoms. The third kappa shape index (κ3) is 3.61. The Labute approximate surface area is 141 Å². The van der Waals surface area contributed by atoms with Gasteiger partial charge in [0.05, 0.1) is 0 Å². The summed E-state index contributed by atoms with van der Waals surface area (Å²) in [5.74, 6) is 1.54. The van der Waals surface area contributed by atoms with Gasteiger partial charge in [-0.2, -0.15) is 0 Å². The maximum atomic E-state index is 13.0. The van der Waals surface area contributed by atoms with Crippen LogP contribution in [-0.4, -0.2) is 28.8 Å². The van der Waals surface area contributed by atoms with Crippen LogP contribution >= 0.6 is 0 Å². The van der Waals surface area contributed by atoms with Gasteiger partial charge in [0.15, 0.2) is 5.78 Å². The van der Waals surface area contributed by atoms with E-state index in [0.717, 1.165) is 49.7 Å². The minimum Gasteiger partial charge on any atom is -0.356 e. The lowest BCUT2D eigenvalue weighted by molar-refractivity contribution is 0.0900. The number of carbonyl (C=O) groups is 1. The Kier molecular flexibility index (Phi) is 4.88. The monoisotopic (exact) mass is 327 g/mol. The lowest BCUT2D eigenvalue weighted by atomic mass is 9.89. The molecule has 2 aromatic rings. The lowest BCUT2D eigenvalue weighted by Crippen LogP contribution is -2.37. The third-order valence-electron chi connectivity index (χ3n) is 4.56. The molecule has 0 aliphatic carbocycles. The first-order valence-corrected chi connectivity index (χ1v) is 8.46. The summed E-state index contributed by atoms with van der Waals surface area (Å²) in [5.41, 5.74) is 1.64. The van der Waals surface area contributed by atoms with Crippen LogP contribution in [0.25, 0.3) is 0 Å². The molecular weight excluding hydrogens is 305 g/mol. The summed E-state index contributed by atoms with van der Waals surface area (Å²) in [6.07, 6.45) is 2.47. The summed E-state index contributed by atoms with van der Waals surface area (Å²) in [7, 11) is 0. The largest absolute Gasteiger partial charge is 0.356 e. The highest BCUT2D eigenvalue weighted by Gasteiger charge is 2.26. The van der Waals surface area contributed by atoms with E-state index >= 15 is 0 Å². The second-order valence-electron chi connectivity index (χ2n) is 6.25. The standard InChI is InChI=1S/C19H22FN3O/c1-3-17-12-18(22-13(2)21-17)23-10-8-15(9-11-23)19(24)14-4-6-16(20)7-5-14/h4-7,12,15H,3,8-11H2,1-2H3. The number of nitrogens with zero attached hydrogens (tertiary/aromatic N) is 3. The number of rotatable bonds is 4. The van der Waals surface area contributed by atoms with Crippen molar-refractivity contribution in [3.63, 3.8) is 0 Å². The van der Waals surface area contributed by atoms with Gasteiger partial charge in [0, 0.05) is 36.3 Å². The first kappa shape index (κ1) is 16.6. The van der Waals surface area contributed by atoms with Crippen LogP contribution < -0.4 is 4.90 Å². The van der Waals surface area contributed by atoms with Crippen LogP contribution in [0.3, 0.4) is 0 Å². The van der Waals surface area contributed by atoms with E-state index in [0.29, 0.717) is 5.56 Å². The number of benzene rings is 1. The van der Waals surface area contributed by atoms with E-state index in [4.69, 9.17) is 0 Å². The maximum absolute atomic E-state index is 13.0. The van der Waals surface area contributed by atoms with Gasteiger partial charge in [0.25, 0.3) is 0 Å². The predicted molar refractivity (Wildman–Crippen MR) is 91.8 cm³/mol. The van der Waals surface area contributed by atoms with E-state index in [1.807, 2.05) is 13.0 Å². The van der Waals surface area contributed by atoms with Gasteiger partial charge in [-0.15, -0.1) is 0 Å². The van der Waals surface area contributed by atoms with Crippen molar-refractivity contribution in [2.24, 2.45) is 5.92 Å². The van der Waals surface area contributed by atoms with Gasteiger partial charge in [-0.25, -0.2) is 14.4 Å². The SMILES string of the molecule is CCc1cc(N2CCC(C(=O)c3ccc(F)cc3)CC2)nc(C)n1. The molecule has 1 fully saturated rings. The highest BCUT2D eigenvalue weighted by molar-refractivity contribution is 5.97. The van der Waals surface area contributed by atoms with Gasteiger partial charge >= 0.3 is 0 Å². The molecule has 0 atom stereocenters. The fourth-order valence-corrected chi connectivity index (χ4v) is 3.18. The number of ketones is 1. The topological polar surface area (TPSA) is 46.1 Å². The molecule has 1 aromatic heterocycles. The van der Waals surface area contributed by atoms with Crippen molar-refractivity contribution in [2.45, 2.75) is 33.1 Å². The Morgan fingerprint density at radius 2 is 1.88 bits per heavy atom. The second-order valence-corrected chi connectivity index (χ2v) is 6.25. The normalized spacial score (nSPS) is 15.5. The third-order valence-corrected chi connectivity index (χ3v) is 4.56. The molecule has 1 aromatic carbocycles. The minimum atomic E-state index is -0.313. The maximum Gasteiger partial charge on any atom is 0.166 e. The van der Waals surface area contributed by atoms with E-state index in [1.165, 1.54) is 12.1 Å². The second kappa shape index (κ2) is 7.07. The summed E-state index contributed by atoms with van der Waals surface area (Å²) in [4.78, 5) is 23.7. The number of carbonyl (C=O) groups excluding carboxylic acids is 1. The molecule has 0 unspecified atom stereocenters. The number of hydrogen-bond donors (Lipinski definition) is 0. The zero-order valence-corrected chi connectivity index (χ0v) is 14.1. The molecule has 4 nitrogen and oxygen atoms in total. The Bertz CT molecular complexity index is 722. The van der Waals surface area contributed by atoms with Crippen LogP contribution in [0, 0.1) is 18.7 Å². The molecule has 3 rings (SSSR count). The number of Topliss-reactive ketones (excluding diaryl/α,β-unsaturated/α-hetero) is 1. The fourth-order valence-electron chi connectivity index (χ4n) is 3.18. The summed E-state index contributed by atoms with van der Waals surface area (Å²) in [6.45, 7) is 5.60. The van der Waals surface area contributed by atoms with Gasteiger partial charge in [-0.1, -0.05) is 6.92 Å². The van der Waals surface area contributed by atoms with Crippen molar-refractivity contribution in [3.8, 4) is 0 Å². The molecule has 5 heteroatoms. The molecule has 0 radical (unpaired) electrons. The van der Waals surface area contributed by atoms with E-state index in [9.17, 15) is 9.18 Å². The number of hydrogen-bond acceptors (Lipinski definition) is 4. The molecule has 1 saturated heterocycles. The lowest BCUT2D eigenvalue weighted by Gasteiger charge is -2.32. The Balaban J connectivity index is 1.66. The number of halogens is 1. The van der Waals surface area contributed by atoms with E-state index in [-0.39, 0.29) is 17.5 Å². The number of anilines is 1. The number of piperidine rings is 1. The Hall–Kier alpha value is -2.30. The van der Waals surface area contributed by atoms with Crippen molar-refractivity contribution in [1.82, 2.24) is 9.97 Å². The van der Waals surface area contributed by atoms with Crippen LogP contribution in [-0.2, 0) is 6.42 Å². The van der Waals surface area contributed by atoms with Crippen molar-refractivity contribution < 1.29 is 9.18 Å². The summed E-state index contributed by atoms with van der Waals surface area (Å²) < 4.78 is 13.0. The molecule has 2 heterocycles. The van der Waals surface area contributed by atoms with Gasteiger partial charge in [0.1, 0.15) is 17.5 Å². The summed E-state index contributed by atoms with van der Waals surface area (Å²) >= 11 is 0. The predicted octanol–water partition coefficient (Wildman–Crippen LogP) is 3.59. The average molecular weight is 327 g/mol. The van der Waals surface area contributed by atoms with Crippen LogP contribution in [0.5, 0.6) is 0 Å². The smallest absolute Gasteiger partial charge is 0.166 e. The van der Waals surface area contributed by atoms with Gasteiger partial charge in [-0.3, -0.25) is 4.79 Å². The Morgan fingerprint density at radius 3 is 2.50 bits per heavy atom. The minimum absolute atomic E-state index is 0.000269. The van der Waals surface area contributed by atoms with Gasteiger partial charge in [-0.05, 0) is 50.5 Å². The zero-order chi connectivity index (χ0) is 17.1. The summed E-state index contributed by atoms with van der Waals surface area (Å²) in [6, 6.07) is 7.88. The highest BCUT2D eigenvalue weighted by atomic mass is 19.1. The van der Waals surface area contributed by atoms with Crippen LogP contribution in [0.1, 0.15) is 41.6 Å². The van der Waals surface area contributed by atoms with E-state index in [2.05, 4.69) is 21.8 Å². The molecule has 0 saturated carbocycles. The molecule has 0 N–H and O–H groups in total. The fraction of sp³-hybridized carbons (Fsp3) is 0.421. The molecule has 0 amide bonds. The quantitative estimate of drug-likeness (QED) is 0.805. The summed E-state index contributed by atoms with van der Waals surface area (Å²) in [5, 5.41) is 0. The zero-order valence-electron chi connectivity index (χ0n) is 14.1. The van der Waals surface area contributed by atoms with Crippen molar-refractivity contribution in [3.05, 3.63) is 53.2 Å². The average Bonchev–Trinajstić information content (AvgIpc) is 2.61. The van der Waals surface area contributed by atoms with E-state index in [1.54, 1.807) is 12.1 Å². The highest BCUT2D eigenvalue weighted by Crippen LogP contribution is 2.25. The van der Waals surface area contributed by atoms with Crippen LogP contribution in [0.2, 0.25) is 0 Å². The molecular formula is C19H22FN3O. The van der Waals surface area contributed by atoms with Crippen molar-refractivity contribution in [2.75, 3.05) is 18.0 Å². The number of aryl methyl sites for hydroxylation is 2. The Morgan fingerprint density at radius 1 is 1.21 bits per heavy atom. The van der Waals surface area contributed by atoms with E-state index < -0.39 is 0 Å². The molecule has 0 spiro atoms. The molecule has 1 aliphatic heterocycles. The molecule has 0 bridgehead atoms. The molecule has 126 valence electrons. The molecule has 1 aliphatic rings. The van der Waals surface area contributed by atoms with Gasteiger partial charge in [0.2, 0.25) is 0 Å². The first-order valence-electron chi connectivity index (χ1n) is 8.46.